The maximum atomic E-state index is 11.4. The van der Waals surface area contributed by atoms with Gasteiger partial charge in [0.2, 0.25) is 10.0 Å². The van der Waals surface area contributed by atoms with Gasteiger partial charge in [-0.15, -0.1) is 0 Å². The molecule has 0 saturated carbocycles. The third kappa shape index (κ3) is 5.77. The van der Waals surface area contributed by atoms with Gasteiger partial charge >= 0.3 is 5.97 Å². The summed E-state index contributed by atoms with van der Waals surface area (Å²) in [5, 5.41) is 7.62. The van der Waals surface area contributed by atoms with Gasteiger partial charge < -0.3 is 5.11 Å². The standard InChI is InChI=1S/C9H12N2O6S2/c1-18(14,15)6-19(16,17)11-5-7-2-3-8(9(12)13)10-4-7/h2-4,11H,5-6H2,1H3,(H,12,13). The van der Waals surface area contributed by atoms with Crippen molar-refractivity contribution in [3.63, 3.8) is 0 Å². The van der Waals surface area contributed by atoms with Crippen LogP contribution in [0.1, 0.15) is 16.1 Å². The zero-order valence-electron chi connectivity index (χ0n) is 9.90. The summed E-state index contributed by atoms with van der Waals surface area (Å²) in [6.07, 6.45) is 2.02. The first-order chi connectivity index (χ1) is 8.59. The molecule has 106 valence electrons. The molecule has 0 spiro atoms. The molecule has 1 aromatic rings. The highest BCUT2D eigenvalue weighted by Gasteiger charge is 2.17. The summed E-state index contributed by atoms with van der Waals surface area (Å²) < 4.78 is 46.6. The van der Waals surface area contributed by atoms with E-state index in [1.807, 2.05) is 0 Å². The molecule has 8 nitrogen and oxygen atoms in total. The third-order valence-electron chi connectivity index (χ3n) is 1.91. The number of hydrogen-bond donors (Lipinski definition) is 2. The second-order valence-electron chi connectivity index (χ2n) is 3.84. The van der Waals surface area contributed by atoms with Gasteiger partial charge in [-0.2, -0.15) is 0 Å². The van der Waals surface area contributed by atoms with E-state index in [2.05, 4.69) is 9.71 Å². The van der Waals surface area contributed by atoms with Crippen molar-refractivity contribution >= 4 is 25.8 Å². The van der Waals surface area contributed by atoms with Crippen LogP contribution in [0.25, 0.3) is 0 Å². The number of carboxylic acids is 1. The number of rotatable bonds is 6. The van der Waals surface area contributed by atoms with Gasteiger partial charge in [-0.05, 0) is 11.6 Å². The van der Waals surface area contributed by atoms with Gasteiger partial charge in [0, 0.05) is 19.0 Å². The van der Waals surface area contributed by atoms with Gasteiger partial charge in [-0.3, -0.25) is 0 Å². The molecule has 0 atom stereocenters. The lowest BCUT2D eigenvalue weighted by molar-refractivity contribution is 0.0690. The van der Waals surface area contributed by atoms with Gasteiger partial charge in [0.15, 0.2) is 14.9 Å². The Morgan fingerprint density at radius 2 is 1.95 bits per heavy atom. The Morgan fingerprint density at radius 3 is 2.37 bits per heavy atom. The van der Waals surface area contributed by atoms with E-state index < -0.39 is 30.9 Å². The number of carboxylic acid groups (broad SMARTS) is 1. The summed E-state index contributed by atoms with van der Waals surface area (Å²) >= 11 is 0. The minimum atomic E-state index is -3.95. The van der Waals surface area contributed by atoms with Crippen LogP contribution in [0.4, 0.5) is 0 Å². The van der Waals surface area contributed by atoms with Crippen LogP contribution in [0.3, 0.4) is 0 Å². The lowest BCUT2D eigenvalue weighted by Gasteiger charge is -2.05. The first kappa shape index (κ1) is 15.5. The minimum absolute atomic E-state index is 0.162. The molecule has 0 unspecified atom stereocenters. The van der Waals surface area contributed by atoms with E-state index in [4.69, 9.17) is 5.11 Å². The van der Waals surface area contributed by atoms with Crippen LogP contribution in [0, 0.1) is 0 Å². The largest absolute Gasteiger partial charge is 0.477 e. The maximum absolute atomic E-state index is 11.4. The molecule has 1 aromatic heterocycles. The summed E-state index contributed by atoms with van der Waals surface area (Å²) in [6, 6.07) is 2.61. The Bertz CT molecular complexity index is 663. The number of hydrogen-bond acceptors (Lipinski definition) is 6. The third-order valence-corrected chi connectivity index (χ3v) is 5.45. The first-order valence-electron chi connectivity index (χ1n) is 4.92. The topological polar surface area (TPSA) is 130 Å². The Labute approximate surface area is 110 Å². The van der Waals surface area contributed by atoms with Gasteiger partial charge in [-0.25, -0.2) is 31.3 Å². The molecule has 0 fully saturated rings. The average molecular weight is 308 g/mol. The number of sulfonamides is 1. The van der Waals surface area contributed by atoms with Crippen molar-refractivity contribution in [2.24, 2.45) is 0 Å². The molecule has 2 N–H and O–H groups in total. The minimum Gasteiger partial charge on any atom is -0.477 e. The van der Waals surface area contributed by atoms with Crippen molar-refractivity contribution in [2.75, 3.05) is 11.3 Å². The lowest BCUT2D eigenvalue weighted by atomic mass is 10.2. The van der Waals surface area contributed by atoms with E-state index in [-0.39, 0.29) is 12.2 Å². The summed E-state index contributed by atoms with van der Waals surface area (Å²) in [5.74, 6) is -1.19. The highest BCUT2D eigenvalue weighted by molar-refractivity contribution is 8.06. The Balaban J connectivity index is 2.69. The van der Waals surface area contributed by atoms with Crippen LogP contribution in [-0.4, -0.2) is 44.2 Å². The molecule has 0 radical (unpaired) electrons. The zero-order valence-corrected chi connectivity index (χ0v) is 11.5. The SMILES string of the molecule is CS(=O)(=O)CS(=O)(=O)NCc1ccc(C(=O)O)nc1. The quantitative estimate of drug-likeness (QED) is 0.703. The number of aromatic carboxylic acids is 1. The number of nitrogens with one attached hydrogen (secondary N) is 1. The lowest BCUT2D eigenvalue weighted by Crippen LogP contribution is -2.29. The van der Waals surface area contributed by atoms with Crippen LogP contribution in [0.2, 0.25) is 0 Å². The summed E-state index contributed by atoms with van der Waals surface area (Å²) in [4.78, 5) is 14.1. The molecule has 0 aliphatic carbocycles. The summed E-state index contributed by atoms with van der Waals surface area (Å²) in [6.45, 7) is -0.162. The van der Waals surface area contributed by atoms with Crippen molar-refractivity contribution < 1.29 is 26.7 Å². The monoisotopic (exact) mass is 308 g/mol. The molecular weight excluding hydrogens is 296 g/mol. The van der Waals surface area contributed by atoms with E-state index in [0.29, 0.717) is 5.56 Å². The fraction of sp³-hybridized carbons (Fsp3) is 0.333. The fourth-order valence-electron chi connectivity index (χ4n) is 1.17. The molecule has 0 bridgehead atoms. The van der Waals surface area contributed by atoms with Crippen LogP contribution in [-0.2, 0) is 26.4 Å². The van der Waals surface area contributed by atoms with Crippen LogP contribution >= 0.6 is 0 Å². The number of carbonyl (C=O) groups is 1. The second-order valence-corrected chi connectivity index (χ2v) is 8.15. The zero-order chi connectivity index (χ0) is 14.7. The van der Waals surface area contributed by atoms with Crippen LogP contribution in [0.5, 0.6) is 0 Å². The molecule has 0 aliphatic rings. The maximum Gasteiger partial charge on any atom is 0.354 e. The normalized spacial score (nSPS) is 12.3. The van der Waals surface area contributed by atoms with E-state index in [9.17, 15) is 21.6 Å². The van der Waals surface area contributed by atoms with Crippen molar-refractivity contribution in [1.82, 2.24) is 9.71 Å². The van der Waals surface area contributed by atoms with E-state index in [1.165, 1.54) is 18.3 Å². The van der Waals surface area contributed by atoms with Gasteiger partial charge in [0.1, 0.15) is 5.69 Å². The molecular formula is C9H12N2O6S2. The number of pyridine rings is 1. The predicted molar refractivity (Wildman–Crippen MR) is 66.7 cm³/mol. The first-order valence-corrected chi connectivity index (χ1v) is 8.64. The molecule has 10 heteroatoms. The molecule has 1 rings (SSSR count). The molecule has 19 heavy (non-hydrogen) atoms. The van der Waals surface area contributed by atoms with E-state index in [0.717, 1.165) is 6.26 Å². The van der Waals surface area contributed by atoms with Crippen LogP contribution < -0.4 is 4.72 Å². The Hall–Kier alpha value is -1.52. The van der Waals surface area contributed by atoms with E-state index >= 15 is 0 Å². The Kier molecular flexibility index (Phi) is 4.61. The van der Waals surface area contributed by atoms with E-state index in [1.54, 1.807) is 0 Å². The van der Waals surface area contributed by atoms with Crippen molar-refractivity contribution in [3.8, 4) is 0 Å². The Morgan fingerprint density at radius 1 is 1.32 bits per heavy atom. The van der Waals surface area contributed by atoms with Crippen molar-refractivity contribution in [3.05, 3.63) is 29.6 Å². The molecule has 0 amide bonds. The van der Waals surface area contributed by atoms with Gasteiger partial charge in [-0.1, -0.05) is 6.07 Å². The number of sulfone groups is 1. The average Bonchev–Trinajstić information content (AvgIpc) is 2.24. The molecule has 1 heterocycles. The second kappa shape index (κ2) is 5.63. The summed E-state index contributed by atoms with van der Waals surface area (Å²) in [7, 11) is -7.59. The molecule has 0 aliphatic heterocycles. The molecule has 0 saturated heterocycles. The predicted octanol–water partition coefficient (Wildman–Crippen LogP) is -0.799. The van der Waals surface area contributed by atoms with Gasteiger partial charge in [0.05, 0.1) is 0 Å². The molecule has 0 aromatic carbocycles. The summed E-state index contributed by atoms with van der Waals surface area (Å²) in [5.41, 5.74) is 0.254. The fourth-order valence-corrected chi connectivity index (χ4v) is 4.15. The van der Waals surface area contributed by atoms with Crippen LogP contribution in [0.15, 0.2) is 18.3 Å². The highest BCUT2D eigenvalue weighted by Crippen LogP contribution is 2.02. The smallest absolute Gasteiger partial charge is 0.354 e. The number of nitrogens with zero attached hydrogens (tertiary/aromatic N) is 1. The van der Waals surface area contributed by atoms with Crippen molar-refractivity contribution in [2.45, 2.75) is 6.54 Å². The van der Waals surface area contributed by atoms with Crippen molar-refractivity contribution in [1.29, 1.82) is 0 Å². The van der Waals surface area contributed by atoms with Gasteiger partial charge in [0.25, 0.3) is 0 Å². The highest BCUT2D eigenvalue weighted by atomic mass is 32.3. The number of aromatic nitrogens is 1.